The highest BCUT2D eigenvalue weighted by molar-refractivity contribution is 5.97. The van der Waals surface area contributed by atoms with E-state index < -0.39 is 0 Å². The number of carbonyl (C=O) groups is 2. The molecule has 208 valence electrons. The van der Waals surface area contributed by atoms with Gasteiger partial charge in [-0.2, -0.15) is 0 Å². The molecule has 40 heavy (non-hydrogen) atoms. The number of benzene rings is 2. The standard InChI is InChI=1S/C32H37N5O3/c38-31-8-4-16-37(31)27-11-9-26(10-12-27)32(39)36-17-13-28(14-18-36)40-29-6-3-5-25(23-29)24-34-19-21-35(22-20-34)30-7-1-2-15-33-30/h1-3,5-7,9-12,15,23,28H,4,8,13-14,16-22,24H2. The van der Waals surface area contributed by atoms with Crippen molar-refractivity contribution >= 4 is 23.3 Å². The summed E-state index contributed by atoms with van der Waals surface area (Å²) in [5.41, 5.74) is 2.80. The molecular formula is C32H37N5O3. The Hall–Kier alpha value is -3.91. The molecule has 6 rings (SSSR count). The lowest BCUT2D eigenvalue weighted by Gasteiger charge is -2.35. The normalized spacial score (nSPS) is 18.8. The van der Waals surface area contributed by atoms with Crippen LogP contribution in [0.25, 0.3) is 0 Å². The van der Waals surface area contributed by atoms with Gasteiger partial charge in [-0.05, 0) is 60.5 Å². The number of carbonyl (C=O) groups excluding carboxylic acids is 2. The minimum atomic E-state index is 0.0443. The molecule has 8 heteroatoms. The first-order valence-electron chi connectivity index (χ1n) is 14.5. The second-order valence-corrected chi connectivity index (χ2v) is 10.9. The summed E-state index contributed by atoms with van der Waals surface area (Å²) in [6.07, 6.45) is 5.08. The summed E-state index contributed by atoms with van der Waals surface area (Å²) in [4.78, 5) is 38.1. The average Bonchev–Trinajstić information content (AvgIpc) is 3.44. The van der Waals surface area contributed by atoms with Crippen molar-refractivity contribution in [2.24, 2.45) is 0 Å². The Morgan fingerprint density at radius 2 is 1.68 bits per heavy atom. The summed E-state index contributed by atoms with van der Waals surface area (Å²) in [7, 11) is 0. The van der Waals surface area contributed by atoms with Gasteiger partial charge in [-0.25, -0.2) is 4.98 Å². The van der Waals surface area contributed by atoms with E-state index in [4.69, 9.17) is 4.74 Å². The van der Waals surface area contributed by atoms with E-state index in [1.165, 1.54) is 5.56 Å². The zero-order valence-corrected chi connectivity index (χ0v) is 23.0. The number of likely N-dealkylation sites (tertiary alicyclic amines) is 1. The molecule has 0 saturated carbocycles. The predicted molar refractivity (Wildman–Crippen MR) is 156 cm³/mol. The third kappa shape index (κ3) is 6.12. The van der Waals surface area contributed by atoms with Crippen LogP contribution in [0.1, 0.15) is 41.6 Å². The number of rotatable bonds is 7. The SMILES string of the molecule is O=C(c1ccc(N2CCCC2=O)cc1)N1CCC(Oc2cccc(CN3CCN(c4ccccn4)CC3)c2)CC1. The quantitative estimate of drug-likeness (QED) is 0.448. The number of aromatic nitrogens is 1. The first-order valence-corrected chi connectivity index (χ1v) is 14.5. The summed E-state index contributed by atoms with van der Waals surface area (Å²) >= 11 is 0. The van der Waals surface area contributed by atoms with E-state index in [0.717, 1.165) is 75.8 Å². The van der Waals surface area contributed by atoms with E-state index in [1.54, 1.807) is 4.90 Å². The first kappa shape index (κ1) is 26.3. The topological polar surface area (TPSA) is 69.2 Å². The highest BCUT2D eigenvalue weighted by atomic mass is 16.5. The summed E-state index contributed by atoms with van der Waals surface area (Å²) in [6, 6.07) is 22.0. The summed E-state index contributed by atoms with van der Waals surface area (Å²) in [5.74, 6) is 2.16. The van der Waals surface area contributed by atoms with E-state index in [2.05, 4.69) is 39.0 Å². The van der Waals surface area contributed by atoms with Crippen LogP contribution in [0.5, 0.6) is 5.75 Å². The minimum absolute atomic E-state index is 0.0443. The van der Waals surface area contributed by atoms with E-state index in [9.17, 15) is 9.59 Å². The van der Waals surface area contributed by atoms with Gasteiger partial charge in [0, 0.05) is 89.1 Å². The highest BCUT2D eigenvalue weighted by Crippen LogP contribution is 2.25. The second-order valence-electron chi connectivity index (χ2n) is 10.9. The number of hydrogen-bond donors (Lipinski definition) is 0. The van der Waals surface area contributed by atoms with E-state index >= 15 is 0 Å². The molecule has 3 aliphatic heterocycles. The van der Waals surface area contributed by atoms with E-state index in [1.807, 2.05) is 53.6 Å². The Morgan fingerprint density at radius 1 is 0.875 bits per heavy atom. The van der Waals surface area contributed by atoms with Crippen LogP contribution in [-0.4, -0.2) is 78.5 Å². The van der Waals surface area contributed by atoms with Crippen molar-refractivity contribution < 1.29 is 14.3 Å². The van der Waals surface area contributed by atoms with Crippen molar-refractivity contribution in [1.29, 1.82) is 0 Å². The Bertz CT molecular complexity index is 1300. The molecule has 0 unspecified atom stereocenters. The van der Waals surface area contributed by atoms with Crippen LogP contribution in [0.3, 0.4) is 0 Å². The zero-order valence-electron chi connectivity index (χ0n) is 23.0. The lowest BCUT2D eigenvalue weighted by Crippen LogP contribution is -2.46. The van der Waals surface area contributed by atoms with Crippen LogP contribution in [-0.2, 0) is 11.3 Å². The van der Waals surface area contributed by atoms with Gasteiger partial charge in [-0.1, -0.05) is 18.2 Å². The summed E-state index contributed by atoms with van der Waals surface area (Å²) < 4.78 is 6.37. The molecule has 0 N–H and O–H groups in total. The molecule has 3 fully saturated rings. The molecule has 8 nitrogen and oxygen atoms in total. The number of anilines is 2. The molecule has 0 atom stereocenters. The number of nitrogens with zero attached hydrogens (tertiary/aromatic N) is 5. The van der Waals surface area contributed by atoms with Gasteiger partial charge in [-0.15, -0.1) is 0 Å². The molecule has 3 saturated heterocycles. The van der Waals surface area contributed by atoms with Crippen molar-refractivity contribution in [3.05, 3.63) is 84.1 Å². The lowest BCUT2D eigenvalue weighted by atomic mass is 10.1. The second kappa shape index (κ2) is 12.1. The van der Waals surface area contributed by atoms with Gasteiger partial charge in [-0.3, -0.25) is 14.5 Å². The van der Waals surface area contributed by atoms with Gasteiger partial charge in [0.15, 0.2) is 0 Å². The number of piperidine rings is 1. The summed E-state index contributed by atoms with van der Waals surface area (Å²) in [5, 5.41) is 0. The van der Waals surface area contributed by atoms with Crippen LogP contribution in [0.2, 0.25) is 0 Å². The van der Waals surface area contributed by atoms with Crippen LogP contribution in [0, 0.1) is 0 Å². The molecule has 1 aromatic heterocycles. The van der Waals surface area contributed by atoms with Gasteiger partial charge in [0.05, 0.1) is 0 Å². The maximum atomic E-state index is 13.1. The van der Waals surface area contributed by atoms with Crippen LogP contribution < -0.4 is 14.5 Å². The molecule has 3 aromatic rings. The van der Waals surface area contributed by atoms with Crippen molar-refractivity contribution in [3.8, 4) is 5.75 Å². The summed E-state index contributed by atoms with van der Waals surface area (Å²) in [6.45, 7) is 6.99. The molecular weight excluding hydrogens is 502 g/mol. The van der Waals surface area contributed by atoms with Gasteiger partial charge in [0.25, 0.3) is 5.91 Å². The molecule has 0 aliphatic carbocycles. The molecule has 0 spiro atoms. The fraction of sp³-hybridized carbons (Fsp3) is 0.406. The molecule has 2 amide bonds. The fourth-order valence-corrected chi connectivity index (χ4v) is 5.91. The van der Waals surface area contributed by atoms with E-state index in [-0.39, 0.29) is 17.9 Å². The minimum Gasteiger partial charge on any atom is -0.490 e. The van der Waals surface area contributed by atoms with Crippen LogP contribution in [0.4, 0.5) is 11.5 Å². The monoisotopic (exact) mass is 539 g/mol. The van der Waals surface area contributed by atoms with E-state index in [0.29, 0.717) is 25.1 Å². The Labute approximate surface area is 236 Å². The Morgan fingerprint density at radius 3 is 2.38 bits per heavy atom. The molecule has 4 heterocycles. The van der Waals surface area contributed by atoms with Crippen molar-refractivity contribution in [1.82, 2.24) is 14.8 Å². The number of hydrogen-bond acceptors (Lipinski definition) is 6. The molecule has 0 bridgehead atoms. The molecule has 2 aromatic carbocycles. The third-order valence-corrected chi connectivity index (χ3v) is 8.18. The van der Waals surface area contributed by atoms with Gasteiger partial charge < -0.3 is 19.4 Å². The van der Waals surface area contributed by atoms with Crippen molar-refractivity contribution in [2.45, 2.75) is 38.3 Å². The zero-order chi connectivity index (χ0) is 27.3. The molecule has 3 aliphatic rings. The van der Waals surface area contributed by atoms with Crippen LogP contribution >= 0.6 is 0 Å². The maximum Gasteiger partial charge on any atom is 0.253 e. The third-order valence-electron chi connectivity index (χ3n) is 8.18. The highest BCUT2D eigenvalue weighted by Gasteiger charge is 2.26. The predicted octanol–water partition coefficient (Wildman–Crippen LogP) is 4.21. The number of amides is 2. The van der Waals surface area contributed by atoms with Crippen LogP contribution in [0.15, 0.2) is 72.9 Å². The lowest BCUT2D eigenvalue weighted by molar-refractivity contribution is -0.117. The van der Waals surface area contributed by atoms with Crippen molar-refractivity contribution in [2.75, 3.05) is 55.6 Å². The maximum absolute atomic E-state index is 13.1. The number of pyridine rings is 1. The fourth-order valence-electron chi connectivity index (χ4n) is 5.91. The van der Waals surface area contributed by atoms with Gasteiger partial charge in [0.2, 0.25) is 5.91 Å². The number of ether oxygens (including phenoxy) is 1. The Balaban J connectivity index is 0.968. The van der Waals surface area contributed by atoms with Gasteiger partial charge >= 0.3 is 0 Å². The average molecular weight is 540 g/mol. The molecule has 0 radical (unpaired) electrons. The smallest absolute Gasteiger partial charge is 0.253 e. The number of piperazine rings is 1. The Kier molecular flexibility index (Phi) is 7.95. The van der Waals surface area contributed by atoms with Gasteiger partial charge in [0.1, 0.15) is 17.7 Å². The largest absolute Gasteiger partial charge is 0.490 e. The first-order chi connectivity index (χ1) is 19.6. The van der Waals surface area contributed by atoms with Crippen molar-refractivity contribution in [3.63, 3.8) is 0 Å².